The molecule has 3 aliphatic heterocycles. The SMILES string of the molecule is CC(=O)N1CCC2(CC1)CC[C@@]1(C(=O)N3CCCC3)CN(C)C[C@@H]21. The first-order chi connectivity index (χ1) is 11.5. The standard InChI is InChI=1S/C19H31N3O2/c1-15(23)21-11-7-18(8-12-21)5-6-19(14-20(2)13-16(18)19)17(24)22-9-3-4-10-22/h16H,3-14H2,1-2H3/t16-,19+/m0/s1. The molecule has 5 heteroatoms. The summed E-state index contributed by atoms with van der Waals surface area (Å²) >= 11 is 0. The van der Waals surface area contributed by atoms with Gasteiger partial charge in [-0.2, -0.15) is 0 Å². The minimum absolute atomic E-state index is 0.141. The van der Waals surface area contributed by atoms with E-state index in [4.69, 9.17) is 0 Å². The second kappa shape index (κ2) is 5.72. The molecular weight excluding hydrogens is 302 g/mol. The zero-order chi connectivity index (χ0) is 16.9. The molecule has 4 fully saturated rings. The summed E-state index contributed by atoms with van der Waals surface area (Å²) < 4.78 is 0. The van der Waals surface area contributed by atoms with Gasteiger partial charge in [-0.25, -0.2) is 0 Å². The summed E-state index contributed by atoms with van der Waals surface area (Å²) in [6, 6.07) is 0. The minimum Gasteiger partial charge on any atom is -0.343 e. The number of carbonyl (C=O) groups excluding carboxylic acids is 2. The molecule has 0 aromatic heterocycles. The van der Waals surface area contributed by atoms with Crippen molar-refractivity contribution in [3.05, 3.63) is 0 Å². The van der Waals surface area contributed by atoms with Gasteiger partial charge in [0, 0.05) is 46.2 Å². The number of nitrogens with zero attached hydrogens (tertiary/aromatic N) is 3. The Hall–Kier alpha value is -1.10. The van der Waals surface area contributed by atoms with E-state index in [1.165, 1.54) is 19.3 Å². The van der Waals surface area contributed by atoms with E-state index in [0.717, 1.165) is 58.5 Å². The molecule has 0 aromatic carbocycles. The molecule has 0 bridgehead atoms. The maximum atomic E-state index is 13.4. The predicted octanol–water partition coefficient (Wildman–Crippen LogP) is 1.58. The normalized spacial score (nSPS) is 35.7. The molecule has 2 amide bonds. The van der Waals surface area contributed by atoms with Crippen LogP contribution in [0.1, 0.15) is 45.4 Å². The van der Waals surface area contributed by atoms with E-state index in [9.17, 15) is 9.59 Å². The lowest BCUT2D eigenvalue weighted by Crippen LogP contribution is -2.50. The van der Waals surface area contributed by atoms with Crippen molar-refractivity contribution in [1.29, 1.82) is 0 Å². The highest BCUT2D eigenvalue weighted by molar-refractivity contribution is 5.84. The van der Waals surface area contributed by atoms with Crippen molar-refractivity contribution in [1.82, 2.24) is 14.7 Å². The van der Waals surface area contributed by atoms with Gasteiger partial charge in [-0.05, 0) is 56.9 Å². The third kappa shape index (κ3) is 2.31. The second-order valence-corrected chi connectivity index (χ2v) is 8.77. The lowest BCUT2D eigenvalue weighted by Gasteiger charge is -2.44. The van der Waals surface area contributed by atoms with Crippen molar-refractivity contribution in [2.75, 3.05) is 46.3 Å². The van der Waals surface area contributed by atoms with Crippen LogP contribution in [0.2, 0.25) is 0 Å². The highest BCUT2D eigenvalue weighted by Gasteiger charge is 2.64. The van der Waals surface area contributed by atoms with Crippen LogP contribution in [0, 0.1) is 16.7 Å². The number of piperidine rings is 1. The summed E-state index contributed by atoms with van der Waals surface area (Å²) in [5.74, 6) is 1.13. The molecule has 0 N–H and O–H groups in total. The highest BCUT2D eigenvalue weighted by atomic mass is 16.2. The topological polar surface area (TPSA) is 43.9 Å². The fourth-order valence-electron chi connectivity index (χ4n) is 6.25. The van der Waals surface area contributed by atoms with Crippen LogP contribution >= 0.6 is 0 Å². The Morgan fingerprint density at radius 1 is 0.917 bits per heavy atom. The van der Waals surface area contributed by atoms with Gasteiger partial charge in [-0.3, -0.25) is 9.59 Å². The van der Waals surface area contributed by atoms with Crippen molar-refractivity contribution in [2.45, 2.75) is 45.4 Å². The van der Waals surface area contributed by atoms with E-state index >= 15 is 0 Å². The molecular formula is C19H31N3O2. The Labute approximate surface area is 145 Å². The molecule has 5 nitrogen and oxygen atoms in total. The average Bonchev–Trinajstić information content (AvgIpc) is 3.26. The first kappa shape index (κ1) is 16.4. The van der Waals surface area contributed by atoms with Gasteiger partial charge >= 0.3 is 0 Å². The van der Waals surface area contributed by atoms with Crippen molar-refractivity contribution < 1.29 is 9.59 Å². The second-order valence-electron chi connectivity index (χ2n) is 8.77. The maximum Gasteiger partial charge on any atom is 0.230 e. The molecule has 134 valence electrons. The molecule has 3 saturated heterocycles. The number of hydrogen-bond acceptors (Lipinski definition) is 3. The average molecular weight is 333 g/mol. The van der Waals surface area contributed by atoms with Gasteiger partial charge in [0.2, 0.25) is 11.8 Å². The number of amides is 2. The van der Waals surface area contributed by atoms with Crippen molar-refractivity contribution in [3.8, 4) is 0 Å². The van der Waals surface area contributed by atoms with Crippen LogP contribution in [0.5, 0.6) is 0 Å². The van der Waals surface area contributed by atoms with E-state index in [-0.39, 0.29) is 16.7 Å². The van der Waals surface area contributed by atoms with Gasteiger partial charge in [0.25, 0.3) is 0 Å². The van der Waals surface area contributed by atoms with E-state index < -0.39 is 0 Å². The van der Waals surface area contributed by atoms with Crippen molar-refractivity contribution in [2.24, 2.45) is 16.7 Å². The van der Waals surface area contributed by atoms with E-state index in [0.29, 0.717) is 11.8 Å². The predicted molar refractivity (Wildman–Crippen MR) is 92.4 cm³/mol. The summed E-state index contributed by atoms with van der Waals surface area (Å²) in [4.78, 5) is 31.6. The summed E-state index contributed by atoms with van der Waals surface area (Å²) in [6.07, 6.45) is 6.73. The molecule has 24 heavy (non-hydrogen) atoms. The van der Waals surface area contributed by atoms with Crippen LogP contribution in [0.4, 0.5) is 0 Å². The van der Waals surface area contributed by atoms with E-state index in [1.54, 1.807) is 6.92 Å². The van der Waals surface area contributed by atoms with Gasteiger partial charge in [0.1, 0.15) is 0 Å². The molecule has 2 atom stereocenters. The Bertz CT molecular complexity index is 535. The third-order valence-electron chi connectivity index (χ3n) is 7.55. The van der Waals surface area contributed by atoms with Crippen LogP contribution < -0.4 is 0 Å². The van der Waals surface area contributed by atoms with Gasteiger partial charge < -0.3 is 14.7 Å². The van der Waals surface area contributed by atoms with Gasteiger partial charge in [0.05, 0.1) is 5.41 Å². The highest BCUT2D eigenvalue weighted by Crippen LogP contribution is 2.62. The van der Waals surface area contributed by atoms with E-state index in [1.807, 2.05) is 4.90 Å². The number of likely N-dealkylation sites (tertiary alicyclic amines) is 3. The first-order valence-electron chi connectivity index (χ1n) is 9.70. The molecule has 4 rings (SSSR count). The molecule has 0 radical (unpaired) electrons. The van der Waals surface area contributed by atoms with E-state index in [2.05, 4.69) is 16.8 Å². The fraction of sp³-hybridized carbons (Fsp3) is 0.895. The number of hydrogen-bond donors (Lipinski definition) is 0. The third-order valence-corrected chi connectivity index (χ3v) is 7.55. The van der Waals surface area contributed by atoms with Crippen LogP contribution in [0.3, 0.4) is 0 Å². The smallest absolute Gasteiger partial charge is 0.230 e. The van der Waals surface area contributed by atoms with Gasteiger partial charge in [0.15, 0.2) is 0 Å². The Kier molecular flexibility index (Phi) is 3.90. The van der Waals surface area contributed by atoms with Crippen molar-refractivity contribution >= 4 is 11.8 Å². The van der Waals surface area contributed by atoms with Crippen LogP contribution in [0.15, 0.2) is 0 Å². The lowest BCUT2D eigenvalue weighted by atomic mass is 9.65. The quantitative estimate of drug-likeness (QED) is 0.732. The molecule has 0 aromatic rings. The molecule has 0 unspecified atom stereocenters. The zero-order valence-electron chi connectivity index (χ0n) is 15.2. The fourth-order valence-corrected chi connectivity index (χ4v) is 6.25. The maximum absolute atomic E-state index is 13.4. The van der Waals surface area contributed by atoms with Gasteiger partial charge in [-0.1, -0.05) is 0 Å². The molecule has 1 saturated carbocycles. The Morgan fingerprint density at radius 2 is 1.58 bits per heavy atom. The molecule has 4 aliphatic rings. The summed E-state index contributed by atoms with van der Waals surface area (Å²) in [7, 11) is 2.18. The zero-order valence-corrected chi connectivity index (χ0v) is 15.2. The lowest BCUT2D eigenvalue weighted by molar-refractivity contribution is -0.143. The Balaban J connectivity index is 1.58. The van der Waals surface area contributed by atoms with Crippen molar-refractivity contribution in [3.63, 3.8) is 0 Å². The van der Waals surface area contributed by atoms with Crippen LogP contribution in [-0.4, -0.2) is 72.8 Å². The minimum atomic E-state index is -0.141. The van der Waals surface area contributed by atoms with Crippen LogP contribution in [0.25, 0.3) is 0 Å². The molecule has 1 spiro atoms. The largest absolute Gasteiger partial charge is 0.343 e. The van der Waals surface area contributed by atoms with Gasteiger partial charge in [-0.15, -0.1) is 0 Å². The molecule has 1 aliphatic carbocycles. The number of carbonyl (C=O) groups is 2. The number of rotatable bonds is 1. The monoisotopic (exact) mass is 333 g/mol. The Morgan fingerprint density at radius 3 is 2.21 bits per heavy atom. The summed E-state index contributed by atoms with van der Waals surface area (Å²) in [6.45, 7) is 7.35. The first-order valence-corrected chi connectivity index (χ1v) is 9.70. The summed E-state index contributed by atoms with van der Waals surface area (Å²) in [5, 5.41) is 0. The van der Waals surface area contributed by atoms with Crippen LogP contribution in [-0.2, 0) is 9.59 Å². The number of fused-ring (bicyclic) bond motifs is 2. The summed E-state index contributed by atoms with van der Waals surface area (Å²) in [5.41, 5.74) is 0.142. The molecule has 3 heterocycles.